The molecular formula is C28H32N4O7. The molecule has 0 bridgehead atoms. The third-order valence-corrected chi connectivity index (χ3v) is 7.09. The van der Waals surface area contributed by atoms with E-state index < -0.39 is 17.8 Å². The zero-order valence-corrected chi connectivity index (χ0v) is 22.1. The number of carboxylic acids is 1. The highest BCUT2D eigenvalue weighted by Gasteiger charge is 2.39. The molecule has 4 rings (SSSR count). The van der Waals surface area contributed by atoms with Crippen molar-refractivity contribution in [1.29, 1.82) is 0 Å². The van der Waals surface area contributed by atoms with E-state index in [2.05, 4.69) is 4.98 Å². The summed E-state index contributed by atoms with van der Waals surface area (Å²) >= 11 is 0. The maximum atomic E-state index is 14.1. The highest BCUT2D eigenvalue weighted by molar-refractivity contribution is 6.04. The lowest BCUT2D eigenvalue weighted by molar-refractivity contribution is -0.138. The Morgan fingerprint density at radius 2 is 1.90 bits per heavy atom. The van der Waals surface area contributed by atoms with Gasteiger partial charge in [0, 0.05) is 31.4 Å². The van der Waals surface area contributed by atoms with E-state index in [9.17, 15) is 24.3 Å². The SMILES string of the molecule is COc1c(C(N)=O)c(C(CCC(=O)O)C(=O)N2CCN(C(=O)c3ccco3)C(C(C)C)C2)nc2ccccc12. The Kier molecular flexibility index (Phi) is 8.18. The minimum Gasteiger partial charge on any atom is -0.495 e. The number of furan rings is 1. The van der Waals surface area contributed by atoms with Crippen LogP contribution in [0.5, 0.6) is 5.75 Å². The van der Waals surface area contributed by atoms with E-state index in [-0.39, 0.29) is 79.0 Å². The van der Waals surface area contributed by atoms with E-state index in [1.165, 1.54) is 13.4 Å². The zero-order valence-electron chi connectivity index (χ0n) is 22.1. The van der Waals surface area contributed by atoms with Crippen molar-refractivity contribution >= 4 is 34.6 Å². The normalized spacial score (nSPS) is 16.4. The van der Waals surface area contributed by atoms with Crippen LogP contribution in [0.4, 0.5) is 0 Å². The van der Waals surface area contributed by atoms with E-state index in [0.717, 1.165) is 0 Å². The van der Waals surface area contributed by atoms with Crippen LogP contribution in [0.15, 0.2) is 47.1 Å². The smallest absolute Gasteiger partial charge is 0.303 e. The summed E-state index contributed by atoms with van der Waals surface area (Å²) in [6, 6.07) is 9.91. The maximum absolute atomic E-state index is 14.1. The summed E-state index contributed by atoms with van der Waals surface area (Å²) < 4.78 is 10.9. The molecule has 1 saturated heterocycles. The van der Waals surface area contributed by atoms with Crippen molar-refractivity contribution in [2.75, 3.05) is 26.7 Å². The highest BCUT2D eigenvalue weighted by Crippen LogP contribution is 2.36. The largest absolute Gasteiger partial charge is 0.495 e. The molecule has 3 amide bonds. The Morgan fingerprint density at radius 3 is 2.51 bits per heavy atom. The Morgan fingerprint density at radius 1 is 1.15 bits per heavy atom. The lowest BCUT2D eigenvalue weighted by atomic mass is 9.90. The summed E-state index contributed by atoms with van der Waals surface area (Å²) in [5.74, 6) is -3.22. The van der Waals surface area contributed by atoms with Crippen LogP contribution in [0.25, 0.3) is 10.9 Å². The number of pyridine rings is 1. The summed E-state index contributed by atoms with van der Waals surface area (Å²) in [5.41, 5.74) is 6.28. The average molecular weight is 537 g/mol. The van der Waals surface area contributed by atoms with Crippen LogP contribution in [0.3, 0.4) is 0 Å². The van der Waals surface area contributed by atoms with Gasteiger partial charge in [0.25, 0.3) is 11.8 Å². The van der Waals surface area contributed by atoms with E-state index in [1.807, 2.05) is 13.8 Å². The number of nitrogens with zero attached hydrogens (tertiary/aromatic N) is 3. The molecule has 39 heavy (non-hydrogen) atoms. The van der Waals surface area contributed by atoms with Gasteiger partial charge in [-0.05, 0) is 36.6 Å². The number of carboxylic acid groups (broad SMARTS) is 1. The van der Waals surface area contributed by atoms with Crippen molar-refractivity contribution in [1.82, 2.24) is 14.8 Å². The Labute approximate surface area is 225 Å². The first kappa shape index (κ1) is 27.6. The summed E-state index contributed by atoms with van der Waals surface area (Å²) in [4.78, 5) is 59.3. The molecule has 2 aromatic heterocycles. The molecule has 11 heteroatoms. The van der Waals surface area contributed by atoms with Crippen molar-refractivity contribution in [3.63, 3.8) is 0 Å². The Bertz CT molecular complexity index is 1390. The number of para-hydroxylation sites is 1. The standard InChI is InChI=1S/C28H32N4O7/c1-16(2)20-15-31(12-13-32(20)28(37)21-9-6-14-39-21)27(36)18(10-11-22(33)34)24-23(26(29)35)25(38-3)17-7-4-5-8-19(17)30-24/h4-9,14,16,18,20H,10-13,15H2,1-3H3,(H2,29,35)(H,33,34). The van der Waals surface area contributed by atoms with Crippen LogP contribution < -0.4 is 10.5 Å². The van der Waals surface area contributed by atoms with Gasteiger partial charge in [0.2, 0.25) is 5.91 Å². The predicted octanol–water partition coefficient (Wildman–Crippen LogP) is 2.89. The molecule has 11 nitrogen and oxygen atoms in total. The van der Waals surface area contributed by atoms with Gasteiger partial charge in [-0.3, -0.25) is 24.2 Å². The fourth-order valence-corrected chi connectivity index (χ4v) is 5.14. The second-order valence-corrected chi connectivity index (χ2v) is 9.84. The first-order valence-electron chi connectivity index (χ1n) is 12.8. The lowest BCUT2D eigenvalue weighted by Crippen LogP contribution is -2.59. The molecule has 0 spiro atoms. The van der Waals surface area contributed by atoms with E-state index >= 15 is 0 Å². The van der Waals surface area contributed by atoms with Crippen LogP contribution in [0.1, 0.15) is 59.2 Å². The van der Waals surface area contributed by atoms with Crippen LogP contribution in [-0.2, 0) is 9.59 Å². The van der Waals surface area contributed by atoms with Gasteiger partial charge in [0.1, 0.15) is 11.3 Å². The number of rotatable bonds is 9. The summed E-state index contributed by atoms with van der Waals surface area (Å²) in [6.07, 6.45) is 1.02. The van der Waals surface area contributed by atoms with Crippen molar-refractivity contribution in [2.45, 2.75) is 38.6 Å². The molecular weight excluding hydrogens is 504 g/mol. The number of fused-ring (bicyclic) bond motifs is 1. The van der Waals surface area contributed by atoms with Gasteiger partial charge in [-0.15, -0.1) is 0 Å². The predicted molar refractivity (Wildman–Crippen MR) is 141 cm³/mol. The number of benzene rings is 1. The molecule has 1 aromatic carbocycles. The van der Waals surface area contributed by atoms with Gasteiger partial charge in [-0.25, -0.2) is 0 Å². The molecule has 3 aromatic rings. The molecule has 0 saturated carbocycles. The van der Waals surface area contributed by atoms with Crippen LogP contribution in [-0.4, -0.2) is 76.4 Å². The summed E-state index contributed by atoms with van der Waals surface area (Å²) in [5, 5.41) is 9.99. The molecule has 206 valence electrons. The van der Waals surface area contributed by atoms with Crippen molar-refractivity contribution < 1.29 is 33.4 Å². The molecule has 1 aliphatic heterocycles. The first-order chi connectivity index (χ1) is 18.6. The number of ether oxygens (including phenoxy) is 1. The number of methoxy groups -OCH3 is 1. The van der Waals surface area contributed by atoms with Crippen molar-refractivity contribution in [3.05, 3.63) is 59.7 Å². The Hall–Kier alpha value is -4.41. The van der Waals surface area contributed by atoms with Gasteiger partial charge in [-0.2, -0.15) is 0 Å². The van der Waals surface area contributed by atoms with Crippen LogP contribution in [0, 0.1) is 5.92 Å². The second-order valence-electron chi connectivity index (χ2n) is 9.84. The highest BCUT2D eigenvalue weighted by atomic mass is 16.5. The Balaban J connectivity index is 1.73. The number of amides is 3. The molecule has 2 atom stereocenters. The summed E-state index contributed by atoms with van der Waals surface area (Å²) in [7, 11) is 1.40. The van der Waals surface area contributed by atoms with E-state index in [4.69, 9.17) is 14.9 Å². The third-order valence-electron chi connectivity index (χ3n) is 7.09. The number of carbonyl (C=O) groups is 4. The topological polar surface area (TPSA) is 156 Å². The molecule has 2 unspecified atom stereocenters. The average Bonchev–Trinajstić information content (AvgIpc) is 3.46. The summed E-state index contributed by atoms with van der Waals surface area (Å²) in [6.45, 7) is 4.63. The number of primary amides is 1. The fourth-order valence-electron chi connectivity index (χ4n) is 5.14. The fraction of sp³-hybridized carbons (Fsp3) is 0.393. The van der Waals surface area contributed by atoms with Crippen molar-refractivity contribution in [2.24, 2.45) is 11.7 Å². The van der Waals surface area contributed by atoms with Gasteiger partial charge >= 0.3 is 5.97 Å². The van der Waals surface area contributed by atoms with Crippen LogP contribution >= 0.6 is 0 Å². The van der Waals surface area contributed by atoms with Crippen LogP contribution in [0.2, 0.25) is 0 Å². The zero-order chi connectivity index (χ0) is 28.3. The molecule has 0 aliphatic carbocycles. The second kappa shape index (κ2) is 11.5. The lowest BCUT2D eigenvalue weighted by Gasteiger charge is -2.44. The van der Waals surface area contributed by atoms with Gasteiger partial charge in [0.15, 0.2) is 5.76 Å². The van der Waals surface area contributed by atoms with E-state index in [0.29, 0.717) is 10.9 Å². The number of nitrogens with two attached hydrogens (primary N) is 1. The number of piperazine rings is 1. The quantitative estimate of drug-likeness (QED) is 0.423. The van der Waals surface area contributed by atoms with Gasteiger partial charge in [0.05, 0.1) is 36.5 Å². The van der Waals surface area contributed by atoms with Crippen molar-refractivity contribution in [3.8, 4) is 5.75 Å². The number of aliphatic carboxylic acids is 1. The minimum absolute atomic E-state index is 0.0112. The first-order valence-corrected chi connectivity index (χ1v) is 12.8. The number of hydrogen-bond donors (Lipinski definition) is 2. The molecule has 1 fully saturated rings. The monoisotopic (exact) mass is 536 g/mol. The number of hydrogen-bond acceptors (Lipinski definition) is 7. The van der Waals surface area contributed by atoms with Gasteiger partial charge in [-0.1, -0.05) is 26.0 Å². The molecule has 1 aliphatic rings. The third kappa shape index (κ3) is 5.57. The number of aromatic nitrogens is 1. The van der Waals surface area contributed by atoms with Gasteiger partial charge < -0.3 is 29.8 Å². The minimum atomic E-state index is -1.09. The molecule has 0 radical (unpaired) electrons. The number of carbonyl (C=O) groups excluding carboxylic acids is 3. The maximum Gasteiger partial charge on any atom is 0.303 e. The molecule has 3 heterocycles. The van der Waals surface area contributed by atoms with E-state index in [1.54, 1.807) is 46.2 Å². The molecule has 3 N–H and O–H groups in total.